The highest BCUT2D eigenvalue weighted by Gasteiger charge is 2.22. The van der Waals surface area contributed by atoms with Crippen molar-refractivity contribution in [2.75, 3.05) is 13.2 Å². The number of halogens is 1. The molecular weight excluding hydrogens is 376 g/mol. The van der Waals surface area contributed by atoms with E-state index in [1.165, 1.54) is 12.1 Å². The number of nitrogens with zero attached hydrogens (tertiary/aromatic N) is 1. The van der Waals surface area contributed by atoms with Gasteiger partial charge in [0.25, 0.3) is 11.6 Å². The number of carbonyl (C=O) groups excluding carboxylic acids is 1. The molecular formula is C18H17ClN2O4S. The minimum Gasteiger partial charge on any atom is -0.376 e. The number of carbonyl (C=O) groups is 1. The average molecular weight is 393 g/mol. The van der Waals surface area contributed by atoms with E-state index in [1.54, 1.807) is 30.3 Å². The quantitative estimate of drug-likeness (QED) is 0.585. The minimum atomic E-state index is -0.478. The van der Waals surface area contributed by atoms with Crippen LogP contribution in [0.15, 0.2) is 52.3 Å². The summed E-state index contributed by atoms with van der Waals surface area (Å²) in [5.74, 6) is -0.238. The lowest BCUT2D eigenvalue weighted by molar-refractivity contribution is -0.387. The number of nitrogens with one attached hydrogen (secondary N) is 1. The van der Waals surface area contributed by atoms with E-state index in [9.17, 15) is 14.9 Å². The predicted molar refractivity (Wildman–Crippen MR) is 100.0 cm³/mol. The fraction of sp³-hybridized carbons (Fsp3) is 0.278. The lowest BCUT2D eigenvalue weighted by Crippen LogP contribution is -2.32. The Balaban J connectivity index is 1.81. The summed E-state index contributed by atoms with van der Waals surface area (Å²) in [6.07, 6.45) is 1.98. The molecule has 0 bridgehead atoms. The smallest absolute Gasteiger partial charge is 0.284 e. The van der Waals surface area contributed by atoms with E-state index in [0.717, 1.165) is 31.2 Å². The Labute approximate surface area is 160 Å². The standard InChI is InChI=1S/C18H17ClN2O4S/c19-14-7-3-8-15(21(23)24)17(14)26-16-9-2-1-6-13(16)18(22)20-11-12-5-4-10-25-12/h1-3,6-9,12H,4-5,10-11H2,(H,20,22)/t12-/m0/s1. The van der Waals surface area contributed by atoms with Crippen LogP contribution in [-0.4, -0.2) is 30.1 Å². The Morgan fingerprint density at radius 1 is 1.31 bits per heavy atom. The zero-order chi connectivity index (χ0) is 18.5. The van der Waals surface area contributed by atoms with Crippen LogP contribution in [0.1, 0.15) is 23.2 Å². The van der Waals surface area contributed by atoms with Crippen molar-refractivity contribution >= 4 is 35.0 Å². The number of hydrogen-bond acceptors (Lipinski definition) is 5. The summed E-state index contributed by atoms with van der Waals surface area (Å²) < 4.78 is 5.51. The lowest BCUT2D eigenvalue weighted by atomic mass is 10.2. The topological polar surface area (TPSA) is 81.5 Å². The Morgan fingerprint density at radius 3 is 2.85 bits per heavy atom. The van der Waals surface area contributed by atoms with Gasteiger partial charge in [0.2, 0.25) is 0 Å². The third-order valence-corrected chi connectivity index (χ3v) is 5.64. The highest BCUT2D eigenvalue weighted by molar-refractivity contribution is 7.99. The van der Waals surface area contributed by atoms with Crippen molar-refractivity contribution in [1.82, 2.24) is 5.32 Å². The van der Waals surface area contributed by atoms with Crippen LogP contribution in [0.25, 0.3) is 0 Å². The molecule has 0 spiro atoms. The Bertz CT molecular complexity index is 825. The molecule has 1 fully saturated rings. The van der Waals surface area contributed by atoms with Crippen molar-refractivity contribution in [2.45, 2.75) is 28.7 Å². The highest BCUT2D eigenvalue weighted by Crippen LogP contribution is 2.40. The van der Waals surface area contributed by atoms with E-state index in [0.29, 0.717) is 21.9 Å². The van der Waals surface area contributed by atoms with Gasteiger partial charge in [-0.1, -0.05) is 41.6 Å². The molecule has 0 radical (unpaired) electrons. The van der Waals surface area contributed by atoms with Crippen molar-refractivity contribution in [2.24, 2.45) is 0 Å². The number of nitro groups is 1. The Hall–Kier alpha value is -2.09. The third-order valence-electron chi connectivity index (χ3n) is 4.00. The second-order valence-electron chi connectivity index (χ2n) is 5.79. The fourth-order valence-electron chi connectivity index (χ4n) is 2.70. The zero-order valence-corrected chi connectivity index (χ0v) is 15.4. The molecule has 1 aliphatic heterocycles. The third kappa shape index (κ3) is 4.35. The summed E-state index contributed by atoms with van der Waals surface area (Å²) in [6, 6.07) is 11.5. The van der Waals surface area contributed by atoms with Crippen molar-refractivity contribution in [3.63, 3.8) is 0 Å². The SMILES string of the molecule is O=C(NC[C@@H]1CCCO1)c1ccccc1Sc1c(Cl)cccc1[N+](=O)[O-]. The van der Waals surface area contributed by atoms with Crippen molar-refractivity contribution in [3.8, 4) is 0 Å². The molecule has 8 heteroatoms. The molecule has 1 heterocycles. The van der Waals surface area contributed by atoms with E-state index in [-0.39, 0.29) is 22.7 Å². The largest absolute Gasteiger partial charge is 0.376 e. The second-order valence-corrected chi connectivity index (χ2v) is 7.25. The molecule has 26 heavy (non-hydrogen) atoms. The van der Waals surface area contributed by atoms with Gasteiger partial charge in [0.15, 0.2) is 0 Å². The number of rotatable bonds is 6. The lowest BCUT2D eigenvalue weighted by Gasteiger charge is -2.13. The average Bonchev–Trinajstić information content (AvgIpc) is 3.15. The summed E-state index contributed by atoms with van der Waals surface area (Å²) in [4.78, 5) is 24.3. The van der Waals surface area contributed by atoms with Crippen LogP contribution >= 0.6 is 23.4 Å². The number of benzene rings is 2. The molecule has 2 aromatic carbocycles. The maximum atomic E-state index is 12.6. The van der Waals surface area contributed by atoms with E-state index in [2.05, 4.69) is 5.32 Å². The van der Waals surface area contributed by atoms with Gasteiger partial charge in [-0.25, -0.2) is 0 Å². The van der Waals surface area contributed by atoms with Crippen molar-refractivity contribution in [1.29, 1.82) is 0 Å². The zero-order valence-electron chi connectivity index (χ0n) is 13.8. The molecule has 1 N–H and O–H groups in total. The van der Waals surface area contributed by atoms with Gasteiger partial charge in [0.05, 0.1) is 21.6 Å². The summed E-state index contributed by atoms with van der Waals surface area (Å²) in [5, 5.41) is 14.4. The predicted octanol–water partition coefficient (Wildman–Crippen LogP) is 4.31. The van der Waals surface area contributed by atoms with Crippen LogP contribution in [-0.2, 0) is 4.74 Å². The summed E-state index contributed by atoms with van der Waals surface area (Å²) in [7, 11) is 0. The first-order valence-corrected chi connectivity index (χ1v) is 9.35. The van der Waals surface area contributed by atoms with E-state index in [4.69, 9.17) is 16.3 Å². The minimum absolute atomic E-state index is 0.0448. The first-order valence-electron chi connectivity index (χ1n) is 8.16. The van der Waals surface area contributed by atoms with Gasteiger partial charge in [0, 0.05) is 24.1 Å². The van der Waals surface area contributed by atoms with Crippen LogP contribution in [0.4, 0.5) is 5.69 Å². The maximum Gasteiger partial charge on any atom is 0.284 e. The molecule has 1 saturated heterocycles. The van der Waals surface area contributed by atoms with Gasteiger partial charge in [-0.15, -0.1) is 0 Å². The van der Waals surface area contributed by atoms with Gasteiger partial charge < -0.3 is 10.1 Å². The number of nitro benzene ring substituents is 1. The molecule has 1 aliphatic rings. The first kappa shape index (κ1) is 18.7. The van der Waals surface area contributed by atoms with Crippen LogP contribution in [0.5, 0.6) is 0 Å². The fourth-order valence-corrected chi connectivity index (χ4v) is 4.04. The van der Waals surface area contributed by atoms with E-state index >= 15 is 0 Å². The van der Waals surface area contributed by atoms with Crippen LogP contribution in [0, 0.1) is 10.1 Å². The number of amides is 1. The maximum absolute atomic E-state index is 12.6. The highest BCUT2D eigenvalue weighted by atomic mass is 35.5. The first-order chi connectivity index (χ1) is 12.6. The number of ether oxygens (including phenoxy) is 1. The molecule has 136 valence electrons. The van der Waals surface area contributed by atoms with Crippen molar-refractivity contribution < 1.29 is 14.5 Å². The molecule has 0 unspecified atom stereocenters. The molecule has 6 nitrogen and oxygen atoms in total. The Kier molecular flexibility index (Phi) is 6.13. The van der Waals surface area contributed by atoms with Gasteiger partial charge in [-0.3, -0.25) is 14.9 Å². The van der Waals surface area contributed by atoms with Crippen molar-refractivity contribution in [3.05, 3.63) is 63.2 Å². The van der Waals surface area contributed by atoms with Crippen LogP contribution in [0.2, 0.25) is 5.02 Å². The summed E-state index contributed by atoms with van der Waals surface area (Å²) in [5.41, 5.74) is 0.363. The normalized spacial score (nSPS) is 16.4. The van der Waals surface area contributed by atoms with Gasteiger partial charge in [-0.2, -0.15) is 0 Å². The van der Waals surface area contributed by atoms with E-state index in [1.807, 2.05) is 0 Å². The molecule has 0 aromatic heterocycles. The molecule has 1 amide bonds. The summed E-state index contributed by atoms with van der Waals surface area (Å²) in [6.45, 7) is 1.17. The molecule has 2 aromatic rings. The molecule has 0 aliphatic carbocycles. The van der Waals surface area contributed by atoms with Crippen LogP contribution < -0.4 is 5.32 Å². The Morgan fingerprint density at radius 2 is 2.12 bits per heavy atom. The number of hydrogen-bond donors (Lipinski definition) is 1. The molecule has 3 rings (SSSR count). The second kappa shape index (κ2) is 8.53. The van der Waals surface area contributed by atoms with Gasteiger partial charge in [0.1, 0.15) is 4.90 Å². The van der Waals surface area contributed by atoms with Gasteiger partial charge in [-0.05, 0) is 31.0 Å². The summed E-state index contributed by atoms with van der Waals surface area (Å²) >= 11 is 7.28. The molecule has 1 atom stereocenters. The van der Waals surface area contributed by atoms with Crippen LogP contribution in [0.3, 0.4) is 0 Å². The van der Waals surface area contributed by atoms with Gasteiger partial charge >= 0.3 is 0 Å². The van der Waals surface area contributed by atoms with E-state index < -0.39 is 4.92 Å². The molecule has 0 saturated carbocycles. The monoisotopic (exact) mass is 392 g/mol.